The molecule has 2 aliphatic rings. The molecule has 1 amide bonds. The van der Waals surface area contributed by atoms with E-state index in [1.165, 1.54) is 16.1 Å². The van der Waals surface area contributed by atoms with Crippen molar-refractivity contribution in [1.82, 2.24) is 19.0 Å². The first-order chi connectivity index (χ1) is 20.3. The molecule has 8 nitrogen and oxygen atoms in total. The molecule has 2 fully saturated rings. The summed E-state index contributed by atoms with van der Waals surface area (Å²) in [6, 6.07) is 16.5. The molecule has 2 aromatic carbocycles. The maximum atomic E-state index is 13.6. The molecule has 2 saturated heterocycles. The Bertz CT molecular complexity index is 1560. The molecule has 222 valence electrons. The molecule has 0 aliphatic carbocycles. The number of amides is 1. The lowest BCUT2D eigenvalue weighted by atomic mass is 9.99. The van der Waals surface area contributed by atoms with Crippen molar-refractivity contribution in [3.8, 4) is 16.9 Å². The number of sulfonamides is 1. The van der Waals surface area contributed by atoms with Crippen molar-refractivity contribution < 1.29 is 17.9 Å². The highest BCUT2D eigenvalue weighted by Gasteiger charge is 2.34. The molecule has 1 atom stereocenters. The summed E-state index contributed by atoms with van der Waals surface area (Å²) < 4.78 is 36.0. The number of carbonyl (C=O) groups is 1. The number of aromatic nitrogens is 2. The van der Waals surface area contributed by atoms with Gasteiger partial charge in [0.1, 0.15) is 10.0 Å². The van der Waals surface area contributed by atoms with Crippen LogP contribution in [0.2, 0.25) is 0 Å². The number of benzene rings is 2. The number of unbranched alkanes of at least 4 members (excludes halogenated alkanes) is 1. The number of hydrogen-bond donors (Lipinski definition) is 0. The zero-order chi connectivity index (χ0) is 29.7. The molecule has 0 radical (unpaired) electrons. The lowest BCUT2D eigenvalue weighted by molar-refractivity contribution is -0.122. The maximum absolute atomic E-state index is 13.6. The van der Waals surface area contributed by atoms with Gasteiger partial charge in [0.05, 0.1) is 28.7 Å². The van der Waals surface area contributed by atoms with E-state index in [1.54, 1.807) is 27.8 Å². The van der Waals surface area contributed by atoms with Crippen LogP contribution in [0.5, 0.6) is 0 Å². The molecule has 11 heteroatoms. The topological polar surface area (TPSA) is 84.7 Å². The molecule has 42 heavy (non-hydrogen) atoms. The molecule has 3 heterocycles. The van der Waals surface area contributed by atoms with Crippen molar-refractivity contribution in [3.63, 3.8) is 0 Å². The van der Waals surface area contributed by atoms with E-state index >= 15 is 0 Å². The van der Waals surface area contributed by atoms with Crippen LogP contribution in [0.25, 0.3) is 23.0 Å². The third-order valence-corrected chi connectivity index (χ3v) is 10.9. The van der Waals surface area contributed by atoms with E-state index in [1.807, 2.05) is 48.7 Å². The number of ether oxygens (including phenoxy) is 1. The average molecular weight is 625 g/mol. The number of nitrogens with zero attached hydrogens (tertiary/aromatic N) is 4. The minimum absolute atomic E-state index is 0.0954. The summed E-state index contributed by atoms with van der Waals surface area (Å²) in [6.07, 6.45) is 8.02. The van der Waals surface area contributed by atoms with Crippen LogP contribution < -0.4 is 0 Å². The molecule has 1 aromatic heterocycles. The van der Waals surface area contributed by atoms with E-state index in [2.05, 4.69) is 13.8 Å². The predicted molar refractivity (Wildman–Crippen MR) is 172 cm³/mol. The number of rotatable bonds is 11. The molecule has 0 bridgehead atoms. The van der Waals surface area contributed by atoms with E-state index in [9.17, 15) is 13.2 Å². The van der Waals surface area contributed by atoms with Crippen LogP contribution in [0.3, 0.4) is 0 Å². The van der Waals surface area contributed by atoms with E-state index in [-0.39, 0.29) is 10.8 Å². The summed E-state index contributed by atoms with van der Waals surface area (Å²) in [6.45, 7) is 6.34. The van der Waals surface area contributed by atoms with Gasteiger partial charge in [0.15, 0.2) is 0 Å². The third-order valence-electron chi connectivity index (χ3n) is 7.62. The van der Waals surface area contributed by atoms with Gasteiger partial charge in [-0.2, -0.15) is 9.40 Å². The zero-order valence-corrected chi connectivity index (χ0v) is 26.4. The van der Waals surface area contributed by atoms with Crippen LogP contribution in [0.1, 0.15) is 45.1 Å². The van der Waals surface area contributed by atoms with Crippen LogP contribution in [0, 0.1) is 5.92 Å². The first kappa shape index (κ1) is 30.6. The minimum Gasteiger partial charge on any atom is -0.379 e. The highest BCUT2D eigenvalue weighted by atomic mass is 32.2. The number of thiocarbonyl (C=S) groups is 1. The van der Waals surface area contributed by atoms with Crippen molar-refractivity contribution in [1.29, 1.82) is 0 Å². The predicted octanol–water partition coefficient (Wildman–Crippen LogP) is 5.98. The molecule has 0 saturated carbocycles. The molecular formula is C31H36N4O4S3. The monoisotopic (exact) mass is 624 g/mol. The quantitative estimate of drug-likeness (QED) is 0.192. The van der Waals surface area contributed by atoms with Crippen molar-refractivity contribution in [2.75, 3.05) is 32.8 Å². The molecule has 2 aliphatic heterocycles. The van der Waals surface area contributed by atoms with Gasteiger partial charge in [0.25, 0.3) is 5.91 Å². The van der Waals surface area contributed by atoms with E-state index in [0.717, 1.165) is 31.4 Å². The smallest absolute Gasteiger partial charge is 0.266 e. The van der Waals surface area contributed by atoms with Gasteiger partial charge >= 0.3 is 0 Å². The lowest BCUT2D eigenvalue weighted by Crippen LogP contribution is -2.40. The fraction of sp³-hybridized carbons (Fsp3) is 0.387. The highest BCUT2D eigenvalue weighted by Crippen LogP contribution is 2.36. The summed E-state index contributed by atoms with van der Waals surface area (Å²) in [5.41, 5.74) is 2.78. The maximum Gasteiger partial charge on any atom is 0.266 e. The Labute approximate surface area is 257 Å². The average Bonchev–Trinajstić information content (AvgIpc) is 3.56. The molecule has 0 spiro atoms. The zero-order valence-electron chi connectivity index (χ0n) is 23.9. The van der Waals surface area contributed by atoms with Crippen molar-refractivity contribution in [2.24, 2.45) is 5.92 Å². The standard InChI is InChI=1S/C31H36N4O4S3/c1-3-5-10-23(4-2)21-34-30(36)28(41-31(34)40)20-25-22-35(26-12-7-6-8-13-26)32-29(25)24-11-9-14-27(19-24)42(37,38)33-15-17-39-18-16-33/h6-9,11-14,19-20,22-23H,3-5,10,15-18,21H2,1-2H3. The molecule has 1 unspecified atom stereocenters. The van der Waals surface area contributed by atoms with Gasteiger partial charge in [-0.15, -0.1) is 0 Å². The van der Waals surface area contributed by atoms with Crippen molar-refractivity contribution in [3.05, 3.63) is 71.3 Å². The number of morpholine rings is 1. The molecule has 3 aromatic rings. The number of thioether (sulfide) groups is 1. The second-order valence-corrected chi connectivity index (χ2v) is 14.1. The van der Waals surface area contributed by atoms with Gasteiger partial charge in [-0.25, -0.2) is 13.1 Å². The number of carbonyl (C=O) groups excluding carboxylic acids is 1. The fourth-order valence-electron chi connectivity index (χ4n) is 5.14. The van der Waals surface area contributed by atoms with Gasteiger partial charge < -0.3 is 4.74 Å². The normalized spacial score (nSPS) is 18.2. The van der Waals surface area contributed by atoms with Crippen LogP contribution in [-0.4, -0.2) is 70.5 Å². The van der Waals surface area contributed by atoms with Crippen LogP contribution in [0.15, 0.2) is 70.6 Å². The Morgan fingerprint density at radius 2 is 1.86 bits per heavy atom. The number of hydrogen-bond acceptors (Lipinski definition) is 7. The third kappa shape index (κ3) is 6.70. The van der Waals surface area contributed by atoms with Crippen LogP contribution in [-0.2, 0) is 19.6 Å². The largest absolute Gasteiger partial charge is 0.379 e. The Kier molecular flexibility index (Phi) is 9.95. The number of para-hydroxylation sites is 1. The fourth-order valence-corrected chi connectivity index (χ4v) is 7.86. The second kappa shape index (κ2) is 13.6. The summed E-state index contributed by atoms with van der Waals surface area (Å²) in [7, 11) is -3.70. The van der Waals surface area contributed by atoms with E-state index in [0.29, 0.717) is 64.8 Å². The first-order valence-electron chi connectivity index (χ1n) is 14.4. The highest BCUT2D eigenvalue weighted by molar-refractivity contribution is 8.26. The summed E-state index contributed by atoms with van der Waals surface area (Å²) in [5.74, 6) is 0.307. The lowest BCUT2D eigenvalue weighted by Gasteiger charge is -2.26. The Balaban J connectivity index is 1.51. The van der Waals surface area contributed by atoms with Crippen molar-refractivity contribution >= 4 is 50.3 Å². The summed E-state index contributed by atoms with van der Waals surface area (Å²) >= 11 is 6.95. The van der Waals surface area contributed by atoms with E-state index in [4.69, 9.17) is 22.1 Å². The summed E-state index contributed by atoms with van der Waals surface area (Å²) in [5, 5.41) is 4.86. The minimum atomic E-state index is -3.70. The van der Waals surface area contributed by atoms with E-state index < -0.39 is 10.0 Å². The van der Waals surface area contributed by atoms with Crippen LogP contribution >= 0.6 is 24.0 Å². The second-order valence-electron chi connectivity index (χ2n) is 10.5. The molecule has 5 rings (SSSR count). The Hall–Kier alpha value is -2.83. The summed E-state index contributed by atoms with van der Waals surface area (Å²) in [4.78, 5) is 16.0. The van der Waals surface area contributed by atoms with Gasteiger partial charge in [0, 0.05) is 37.0 Å². The van der Waals surface area contributed by atoms with Crippen LogP contribution in [0.4, 0.5) is 0 Å². The van der Waals surface area contributed by atoms with Gasteiger partial charge in [-0.3, -0.25) is 9.69 Å². The molecular weight excluding hydrogens is 589 g/mol. The Morgan fingerprint density at radius 3 is 2.57 bits per heavy atom. The molecule has 0 N–H and O–H groups in total. The van der Waals surface area contributed by atoms with Gasteiger partial charge in [-0.1, -0.05) is 87.4 Å². The van der Waals surface area contributed by atoms with Gasteiger partial charge in [-0.05, 0) is 42.7 Å². The van der Waals surface area contributed by atoms with Crippen molar-refractivity contribution in [2.45, 2.75) is 44.4 Å². The SMILES string of the molecule is CCCCC(CC)CN1C(=O)C(=Cc2cn(-c3ccccc3)nc2-c2cccc(S(=O)(=O)N3CCOCC3)c2)SC1=S. The van der Waals surface area contributed by atoms with Gasteiger partial charge in [0.2, 0.25) is 10.0 Å². The Morgan fingerprint density at radius 1 is 1.10 bits per heavy atom. The first-order valence-corrected chi connectivity index (χ1v) is 17.1.